The quantitative estimate of drug-likeness (QED) is 0.667. The zero-order chi connectivity index (χ0) is 12.1. The lowest BCUT2D eigenvalue weighted by atomic mass is 10.2. The van der Waals surface area contributed by atoms with Crippen molar-refractivity contribution in [3.05, 3.63) is 0 Å². The van der Waals surface area contributed by atoms with Gasteiger partial charge >= 0.3 is 5.97 Å². The number of nitrogens with zero attached hydrogens (tertiary/aromatic N) is 1. The van der Waals surface area contributed by atoms with Crippen molar-refractivity contribution in [2.24, 2.45) is 0 Å². The van der Waals surface area contributed by atoms with Gasteiger partial charge in [-0.1, -0.05) is 0 Å². The van der Waals surface area contributed by atoms with E-state index in [2.05, 4.69) is 5.32 Å². The third kappa shape index (κ3) is 3.46. The molecule has 1 rings (SSSR count). The number of aliphatic carboxylic acids is 1. The van der Waals surface area contributed by atoms with Crippen LogP contribution in [0.25, 0.3) is 0 Å². The molecule has 16 heavy (non-hydrogen) atoms. The summed E-state index contributed by atoms with van der Waals surface area (Å²) in [5.41, 5.74) is 0. The molecule has 0 aromatic carbocycles. The van der Waals surface area contributed by atoms with Gasteiger partial charge in [0, 0.05) is 19.6 Å². The molecular formula is C10H18N2O4. The van der Waals surface area contributed by atoms with Gasteiger partial charge in [0.1, 0.15) is 12.6 Å². The second kappa shape index (κ2) is 5.81. The molecule has 1 atom stereocenters. The summed E-state index contributed by atoms with van der Waals surface area (Å²) in [6.45, 7) is 4.94. The van der Waals surface area contributed by atoms with Crippen molar-refractivity contribution < 1.29 is 19.4 Å². The van der Waals surface area contributed by atoms with Crippen LogP contribution in [0.15, 0.2) is 0 Å². The molecule has 2 N–H and O–H groups in total. The number of carbonyl (C=O) groups excluding carboxylic acids is 1. The first-order valence-corrected chi connectivity index (χ1v) is 5.37. The molecule has 1 saturated heterocycles. The van der Waals surface area contributed by atoms with Gasteiger partial charge in [-0.2, -0.15) is 0 Å². The van der Waals surface area contributed by atoms with Crippen LogP contribution in [0.3, 0.4) is 0 Å². The molecule has 0 spiro atoms. The summed E-state index contributed by atoms with van der Waals surface area (Å²) >= 11 is 0. The minimum Gasteiger partial charge on any atom is -0.480 e. The van der Waals surface area contributed by atoms with Gasteiger partial charge in [0.25, 0.3) is 0 Å². The number of carboxylic acid groups (broad SMARTS) is 1. The molecule has 0 aromatic heterocycles. The molecule has 92 valence electrons. The number of hydrogen-bond donors (Lipinski definition) is 2. The minimum absolute atomic E-state index is 0.0323. The molecule has 0 aliphatic carbocycles. The Morgan fingerprint density at radius 3 is 2.81 bits per heavy atom. The van der Waals surface area contributed by atoms with E-state index in [1.165, 1.54) is 4.90 Å². The first-order chi connectivity index (χ1) is 7.52. The van der Waals surface area contributed by atoms with E-state index < -0.39 is 12.0 Å². The second-order valence-electron chi connectivity index (χ2n) is 4.01. The van der Waals surface area contributed by atoms with Crippen LogP contribution in [0.1, 0.15) is 13.8 Å². The van der Waals surface area contributed by atoms with Gasteiger partial charge in [-0.05, 0) is 13.8 Å². The van der Waals surface area contributed by atoms with Crippen molar-refractivity contribution in [3.8, 4) is 0 Å². The van der Waals surface area contributed by atoms with Crippen molar-refractivity contribution in [1.29, 1.82) is 0 Å². The summed E-state index contributed by atoms with van der Waals surface area (Å²) in [5.74, 6) is -1.24. The molecule has 1 heterocycles. The number of amides is 1. The Morgan fingerprint density at radius 2 is 2.25 bits per heavy atom. The van der Waals surface area contributed by atoms with Gasteiger partial charge in [-0.15, -0.1) is 0 Å². The average molecular weight is 230 g/mol. The van der Waals surface area contributed by atoms with Crippen LogP contribution in [0, 0.1) is 0 Å². The fraction of sp³-hybridized carbons (Fsp3) is 0.800. The van der Waals surface area contributed by atoms with Crippen molar-refractivity contribution in [2.75, 3.05) is 26.2 Å². The van der Waals surface area contributed by atoms with Crippen molar-refractivity contribution >= 4 is 11.9 Å². The maximum absolute atomic E-state index is 11.7. The Labute approximate surface area is 94.6 Å². The molecule has 6 heteroatoms. The highest BCUT2D eigenvalue weighted by Crippen LogP contribution is 2.05. The SMILES string of the molecule is CC(C)OCC(=O)N1CCNCC1C(=O)O. The topological polar surface area (TPSA) is 78.9 Å². The number of rotatable bonds is 4. The highest BCUT2D eigenvalue weighted by Gasteiger charge is 2.31. The van der Waals surface area contributed by atoms with Gasteiger partial charge in [0.2, 0.25) is 5.91 Å². The standard InChI is InChI=1S/C10H18N2O4/c1-7(2)16-6-9(13)12-4-3-11-5-8(12)10(14)15/h7-8,11H,3-6H2,1-2H3,(H,14,15). The van der Waals surface area contributed by atoms with Gasteiger partial charge in [0.15, 0.2) is 0 Å². The summed E-state index contributed by atoms with van der Waals surface area (Å²) < 4.78 is 5.18. The van der Waals surface area contributed by atoms with E-state index in [4.69, 9.17) is 9.84 Å². The van der Waals surface area contributed by atoms with E-state index in [0.717, 1.165) is 0 Å². The van der Waals surface area contributed by atoms with E-state index in [1.807, 2.05) is 13.8 Å². The number of nitrogens with one attached hydrogen (secondary N) is 1. The molecular weight excluding hydrogens is 212 g/mol. The Balaban J connectivity index is 2.54. The van der Waals surface area contributed by atoms with Crippen LogP contribution < -0.4 is 5.32 Å². The van der Waals surface area contributed by atoms with Crippen LogP contribution >= 0.6 is 0 Å². The van der Waals surface area contributed by atoms with Gasteiger partial charge < -0.3 is 20.1 Å². The molecule has 0 bridgehead atoms. The van der Waals surface area contributed by atoms with Gasteiger partial charge in [0.05, 0.1) is 6.10 Å². The van der Waals surface area contributed by atoms with Crippen LogP contribution in [-0.4, -0.2) is 60.3 Å². The first-order valence-electron chi connectivity index (χ1n) is 5.37. The van der Waals surface area contributed by atoms with Gasteiger partial charge in [-0.3, -0.25) is 4.79 Å². The molecule has 1 fully saturated rings. The van der Waals surface area contributed by atoms with E-state index in [-0.39, 0.29) is 18.6 Å². The monoisotopic (exact) mass is 230 g/mol. The predicted octanol–water partition coefficient (Wildman–Crippen LogP) is -0.704. The van der Waals surface area contributed by atoms with Crippen molar-refractivity contribution in [3.63, 3.8) is 0 Å². The highest BCUT2D eigenvalue weighted by molar-refractivity contribution is 5.84. The number of piperazine rings is 1. The normalized spacial score (nSPS) is 21.2. The lowest BCUT2D eigenvalue weighted by Crippen LogP contribution is -2.57. The fourth-order valence-corrected chi connectivity index (χ4v) is 1.54. The van der Waals surface area contributed by atoms with E-state index in [0.29, 0.717) is 19.6 Å². The van der Waals surface area contributed by atoms with E-state index in [9.17, 15) is 9.59 Å². The number of carboxylic acids is 1. The summed E-state index contributed by atoms with van der Waals surface area (Å²) in [6.07, 6.45) is -0.0323. The molecule has 1 amide bonds. The average Bonchev–Trinajstić information content (AvgIpc) is 2.25. The third-order valence-corrected chi connectivity index (χ3v) is 2.39. The highest BCUT2D eigenvalue weighted by atomic mass is 16.5. The fourth-order valence-electron chi connectivity index (χ4n) is 1.54. The maximum Gasteiger partial charge on any atom is 0.327 e. The lowest BCUT2D eigenvalue weighted by Gasteiger charge is -2.33. The molecule has 1 aliphatic heterocycles. The summed E-state index contributed by atoms with van der Waals surface area (Å²) in [7, 11) is 0. The Hall–Kier alpha value is -1.14. The molecule has 1 aliphatic rings. The number of ether oxygens (including phenoxy) is 1. The van der Waals surface area contributed by atoms with E-state index in [1.54, 1.807) is 0 Å². The summed E-state index contributed by atoms with van der Waals surface area (Å²) in [5, 5.41) is 11.9. The van der Waals surface area contributed by atoms with Crippen molar-refractivity contribution in [2.45, 2.75) is 26.0 Å². The van der Waals surface area contributed by atoms with E-state index >= 15 is 0 Å². The largest absolute Gasteiger partial charge is 0.480 e. The maximum atomic E-state index is 11.7. The second-order valence-corrected chi connectivity index (χ2v) is 4.01. The van der Waals surface area contributed by atoms with Crippen molar-refractivity contribution in [1.82, 2.24) is 10.2 Å². The Kier molecular flexibility index (Phi) is 4.70. The summed E-state index contributed by atoms with van der Waals surface area (Å²) in [4.78, 5) is 24.0. The predicted molar refractivity (Wildman–Crippen MR) is 57.1 cm³/mol. The summed E-state index contributed by atoms with van der Waals surface area (Å²) in [6, 6.07) is -0.781. The Bertz CT molecular complexity index is 268. The van der Waals surface area contributed by atoms with Crippen LogP contribution in [-0.2, 0) is 14.3 Å². The minimum atomic E-state index is -0.981. The third-order valence-electron chi connectivity index (χ3n) is 2.39. The molecule has 0 saturated carbocycles. The number of hydrogen-bond acceptors (Lipinski definition) is 4. The lowest BCUT2D eigenvalue weighted by molar-refractivity contribution is -0.153. The Morgan fingerprint density at radius 1 is 1.56 bits per heavy atom. The van der Waals surface area contributed by atoms with Crippen LogP contribution in [0.5, 0.6) is 0 Å². The number of carbonyl (C=O) groups is 2. The zero-order valence-corrected chi connectivity index (χ0v) is 9.60. The molecule has 0 aromatic rings. The van der Waals surface area contributed by atoms with Crippen LogP contribution in [0.2, 0.25) is 0 Å². The van der Waals surface area contributed by atoms with Crippen LogP contribution in [0.4, 0.5) is 0 Å². The van der Waals surface area contributed by atoms with Gasteiger partial charge in [-0.25, -0.2) is 4.79 Å². The first kappa shape index (κ1) is 12.9. The molecule has 6 nitrogen and oxygen atoms in total. The smallest absolute Gasteiger partial charge is 0.327 e. The zero-order valence-electron chi connectivity index (χ0n) is 9.60. The molecule has 0 radical (unpaired) electrons. The molecule has 1 unspecified atom stereocenters.